The van der Waals surface area contributed by atoms with Crippen LogP contribution in [-0.4, -0.2) is 13.7 Å². The molecule has 0 bridgehead atoms. The summed E-state index contributed by atoms with van der Waals surface area (Å²) in [5.74, 6) is 1.36. The van der Waals surface area contributed by atoms with E-state index in [0.717, 1.165) is 35.4 Å². The first-order valence-electron chi connectivity index (χ1n) is 8.08. The Hall–Kier alpha value is -1.52. The Kier molecular flexibility index (Phi) is 4.04. The fourth-order valence-corrected chi connectivity index (χ4v) is 4.25. The summed E-state index contributed by atoms with van der Waals surface area (Å²) < 4.78 is 12.9. The zero-order chi connectivity index (χ0) is 15.8. The molecule has 1 saturated heterocycles. The number of hydrogen-bond acceptors (Lipinski definition) is 3. The van der Waals surface area contributed by atoms with Gasteiger partial charge in [0.05, 0.1) is 19.3 Å². The van der Waals surface area contributed by atoms with Crippen LogP contribution < -0.4 is 10.1 Å². The molecular formula is C19H20BrNO2. The van der Waals surface area contributed by atoms with Gasteiger partial charge in [-0.3, -0.25) is 0 Å². The molecule has 2 aliphatic rings. The smallest absolute Gasteiger partial charge is 0.124 e. The highest BCUT2D eigenvalue weighted by Gasteiger charge is 2.40. The van der Waals surface area contributed by atoms with Crippen molar-refractivity contribution < 1.29 is 9.47 Å². The molecule has 120 valence electrons. The van der Waals surface area contributed by atoms with Crippen molar-refractivity contribution in [3.05, 3.63) is 58.1 Å². The Morgan fingerprint density at radius 1 is 1.17 bits per heavy atom. The molecule has 2 aromatic carbocycles. The van der Waals surface area contributed by atoms with Gasteiger partial charge in [-0.05, 0) is 37.1 Å². The number of nitrogens with one attached hydrogen (secondary N) is 1. The zero-order valence-corrected chi connectivity index (χ0v) is 14.7. The molecule has 4 rings (SSSR count). The van der Waals surface area contributed by atoms with Crippen LogP contribution in [0.3, 0.4) is 0 Å². The van der Waals surface area contributed by atoms with E-state index in [4.69, 9.17) is 9.47 Å². The lowest BCUT2D eigenvalue weighted by atomic mass is 9.77. The van der Waals surface area contributed by atoms with Crippen molar-refractivity contribution in [2.75, 3.05) is 19.0 Å². The SMILES string of the molecule is COc1ccccc1[C@@H]1Nc2ccc(Br)cc2[C@H]2OCCC[C@H]21. The van der Waals surface area contributed by atoms with Crippen LogP contribution in [0, 0.1) is 5.92 Å². The highest BCUT2D eigenvalue weighted by Crippen LogP contribution is 2.50. The normalized spacial score (nSPS) is 25.9. The summed E-state index contributed by atoms with van der Waals surface area (Å²) in [6, 6.07) is 14.9. The minimum absolute atomic E-state index is 0.146. The second kappa shape index (κ2) is 6.17. The second-order valence-electron chi connectivity index (χ2n) is 6.19. The molecule has 1 N–H and O–H groups in total. The van der Waals surface area contributed by atoms with Gasteiger partial charge in [0.1, 0.15) is 5.75 Å². The van der Waals surface area contributed by atoms with Gasteiger partial charge in [0.15, 0.2) is 0 Å². The fourth-order valence-electron chi connectivity index (χ4n) is 3.87. The lowest BCUT2D eigenvalue weighted by molar-refractivity contribution is -0.0383. The maximum Gasteiger partial charge on any atom is 0.124 e. The third kappa shape index (κ3) is 2.64. The van der Waals surface area contributed by atoms with Gasteiger partial charge in [0, 0.05) is 33.8 Å². The number of para-hydroxylation sites is 1. The Balaban J connectivity index is 1.80. The first-order chi connectivity index (χ1) is 11.3. The summed E-state index contributed by atoms with van der Waals surface area (Å²) in [7, 11) is 1.74. The molecule has 23 heavy (non-hydrogen) atoms. The van der Waals surface area contributed by atoms with Gasteiger partial charge in [-0.2, -0.15) is 0 Å². The number of anilines is 1. The average Bonchev–Trinajstić information content (AvgIpc) is 2.61. The quantitative estimate of drug-likeness (QED) is 0.794. The van der Waals surface area contributed by atoms with E-state index in [1.54, 1.807) is 7.11 Å². The van der Waals surface area contributed by atoms with E-state index in [1.807, 2.05) is 12.1 Å². The van der Waals surface area contributed by atoms with Crippen molar-refractivity contribution in [2.24, 2.45) is 5.92 Å². The van der Waals surface area contributed by atoms with Crippen LogP contribution in [0.2, 0.25) is 0 Å². The van der Waals surface area contributed by atoms with Gasteiger partial charge >= 0.3 is 0 Å². The van der Waals surface area contributed by atoms with Crippen molar-refractivity contribution in [2.45, 2.75) is 25.0 Å². The van der Waals surface area contributed by atoms with Gasteiger partial charge in [-0.25, -0.2) is 0 Å². The molecular weight excluding hydrogens is 354 g/mol. The summed E-state index contributed by atoms with van der Waals surface area (Å²) in [5, 5.41) is 3.73. The summed E-state index contributed by atoms with van der Waals surface area (Å²) in [5.41, 5.74) is 3.63. The maximum atomic E-state index is 6.19. The van der Waals surface area contributed by atoms with E-state index >= 15 is 0 Å². The Morgan fingerprint density at radius 3 is 2.91 bits per heavy atom. The maximum absolute atomic E-state index is 6.19. The summed E-state index contributed by atoms with van der Waals surface area (Å²) >= 11 is 3.59. The first-order valence-corrected chi connectivity index (χ1v) is 8.88. The molecule has 2 aliphatic heterocycles. The van der Waals surface area contributed by atoms with Gasteiger partial charge in [0.2, 0.25) is 0 Å². The van der Waals surface area contributed by atoms with Gasteiger partial charge in [0.25, 0.3) is 0 Å². The minimum Gasteiger partial charge on any atom is -0.496 e. The first kappa shape index (κ1) is 15.0. The predicted molar refractivity (Wildman–Crippen MR) is 94.9 cm³/mol. The molecule has 0 aliphatic carbocycles. The van der Waals surface area contributed by atoms with Gasteiger partial charge < -0.3 is 14.8 Å². The molecule has 0 aromatic heterocycles. The van der Waals surface area contributed by atoms with E-state index < -0.39 is 0 Å². The number of benzene rings is 2. The number of ether oxygens (including phenoxy) is 2. The minimum atomic E-state index is 0.146. The highest BCUT2D eigenvalue weighted by atomic mass is 79.9. The molecule has 0 spiro atoms. The lowest BCUT2D eigenvalue weighted by Gasteiger charge is -2.43. The van der Waals surface area contributed by atoms with Crippen molar-refractivity contribution in [1.82, 2.24) is 0 Å². The summed E-state index contributed by atoms with van der Waals surface area (Å²) in [6.45, 7) is 0.839. The van der Waals surface area contributed by atoms with Crippen molar-refractivity contribution >= 4 is 21.6 Å². The lowest BCUT2D eigenvalue weighted by Crippen LogP contribution is -2.36. The van der Waals surface area contributed by atoms with Crippen LogP contribution in [0.5, 0.6) is 5.75 Å². The van der Waals surface area contributed by atoms with Crippen LogP contribution in [0.25, 0.3) is 0 Å². The molecule has 4 heteroatoms. The Morgan fingerprint density at radius 2 is 2.04 bits per heavy atom. The predicted octanol–water partition coefficient (Wildman–Crippen LogP) is 5.09. The van der Waals surface area contributed by atoms with Gasteiger partial charge in [-0.1, -0.05) is 34.1 Å². The van der Waals surface area contributed by atoms with E-state index in [-0.39, 0.29) is 12.1 Å². The van der Waals surface area contributed by atoms with Crippen molar-refractivity contribution in [1.29, 1.82) is 0 Å². The number of rotatable bonds is 2. The van der Waals surface area contributed by atoms with Crippen LogP contribution in [-0.2, 0) is 4.74 Å². The number of methoxy groups -OCH3 is 1. The van der Waals surface area contributed by atoms with Crippen LogP contribution >= 0.6 is 15.9 Å². The fraction of sp³-hybridized carbons (Fsp3) is 0.368. The molecule has 1 fully saturated rings. The van der Waals surface area contributed by atoms with E-state index in [1.165, 1.54) is 11.1 Å². The number of hydrogen-bond donors (Lipinski definition) is 1. The molecule has 2 heterocycles. The standard InChI is InChI=1S/C19H20BrNO2/c1-22-17-7-3-2-5-13(17)18-14-6-4-10-23-19(14)15-11-12(20)8-9-16(15)21-18/h2-3,5,7-9,11,14,18-19,21H,4,6,10H2,1H3/t14-,18-,19-/m0/s1. The molecule has 0 saturated carbocycles. The molecule has 0 amide bonds. The van der Waals surface area contributed by atoms with Crippen molar-refractivity contribution in [3.8, 4) is 5.75 Å². The summed E-state index contributed by atoms with van der Waals surface area (Å²) in [4.78, 5) is 0. The van der Waals surface area contributed by atoms with Gasteiger partial charge in [-0.15, -0.1) is 0 Å². The molecule has 0 unspecified atom stereocenters. The van der Waals surface area contributed by atoms with Crippen LogP contribution in [0.1, 0.15) is 36.1 Å². The van der Waals surface area contributed by atoms with E-state index in [9.17, 15) is 0 Å². The largest absolute Gasteiger partial charge is 0.496 e. The van der Waals surface area contributed by atoms with Crippen LogP contribution in [0.4, 0.5) is 5.69 Å². The van der Waals surface area contributed by atoms with Crippen molar-refractivity contribution in [3.63, 3.8) is 0 Å². The monoisotopic (exact) mass is 373 g/mol. The third-order valence-electron chi connectivity index (χ3n) is 4.90. The zero-order valence-electron chi connectivity index (χ0n) is 13.1. The third-order valence-corrected chi connectivity index (χ3v) is 5.39. The number of fused-ring (bicyclic) bond motifs is 3. The Labute approximate surface area is 145 Å². The molecule has 3 atom stereocenters. The molecule has 3 nitrogen and oxygen atoms in total. The van der Waals surface area contributed by atoms with E-state index in [2.05, 4.69) is 51.6 Å². The van der Waals surface area contributed by atoms with E-state index in [0.29, 0.717) is 5.92 Å². The molecule has 2 aromatic rings. The summed E-state index contributed by atoms with van der Waals surface area (Å²) in [6.07, 6.45) is 2.41. The molecule has 0 radical (unpaired) electrons. The number of halogens is 1. The second-order valence-corrected chi connectivity index (χ2v) is 7.11. The van der Waals surface area contributed by atoms with Crippen LogP contribution in [0.15, 0.2) is 46.9 Å². The highest BCUT2D eigenvalue weighted by molar-refractivity contribution is 9.10. The average molecular weight is 374 g/mol. The Bertz CT molecular complexity index is 718. The topological polar surface area (TPSA) is 30.5 Å².